The SMILES string of the molecule is CS(=O)(=O)c1ccc(F)c(S(=O)(=O)N2CCC[C@H](O)C2)c1. The van der Waals surface area contributed by atoms with Gasteiger partial charge in [-0.25, -0.2) is 21.2 Å². The van der Waals surface area contributed by atoms with Crippen molar-refractivity contribution in [2.24, 2.45) is 0 Å². The van der Waals surface area contributed by atoms with Crippen LogP contribution in [0.1, 0.15) is 12.8 Å². The van der Waals surface area contributed by atoms with E-state index in [1.54, 1.807) is 0 Å². The first kappa shape index (κ1) is 16.3. The first-order chi connectivity index (χ1) is 9.62. The van der Waals surface area contributed by atoms with Crippen molar-refractivity contribution >= 4 is 19.9 Å². The highest BCUT2D eigenvalue weighted by atomic mass is 32.2. The number of aliphatic hydroxyl groups is 1. The maximum absolute atomic E-state index is 13.8. The zero-order valence-corrected chi connectivity index (χ0v) is 13.0. The fraction of sp³-hybridized carbons (Fsp3) is 0.500. The molecule has 1 aliphatic rings. The number of rotatable bonds is 3. The average molecular weight is 337 g/mol. The number of benzene rings is 1. The topological polar surface area (TPSA) is 91.8 Å². The standard InChI is InChI=1S/C12H16FNO5S2/c1-20(16,17)10-4-5-11(13)12(7-10)21(18,19)14-6-2-3-9(15)8-14/h4-5,7,9,15H,2-3,6,8H2,1H3/t9-/m0/s1. The van der Waals surface area contributed by atoms with E-state index in [2.05, 4.69) is 0 Å². The van der Waals surface area contributed by atoms with Crippen molar-refractivity contribution in [2.45, 2.75) is 28.7 Å². The summed E-state index contributed by atoms with van der Waals surface area (Å²) in [5.74, 6) is -1.01. The minimum Gasteiger partial charge on any atom is -0.392 e. The predicted octanol–water partition coefficient (Wildman–Crippen LogP) is 0.375. The second-order valence-corrected chi connectivity index (χ2v) is 8.95. The smallest absolute Gasteiger partial charge is 0.246 e. The molecule has 0 aromatic heterocycles. The molecule has 9 heteroatoms. The lowest BCUT2D eigenvalue weighted by molar-refractivity contribution is 0.108. The van der Waals surface area contributed by atoms with Gasteiger partial charge in [-0.05, 0) is 31.0 Å². The third-order valence-electron chi connectivity index (χ3n) is 3.31. The van der Waals surface area contributed by atoms with Gasteiger partial charge in [0.15, 0.2) is 9.84 Å². The van der Waals surface area contributed by atoms with Crippen LogP contribution in [0.2, 0.25) is 0 Å². The number of sulfone groups is 1. The number of nitrogens with zero attached hydrogens (tertiary/aromatic N) is 1. The van der Waals surface area contributed by atoms with Crippen LogP contribution < -0.4 is 0 Å². The van der Waals surface area contributed by atoms with E-state index in [4.69, 9.17) is 0 Å². The second-order valence-electron chi connectivity index (χ2n) is 5.02. The second kappa shape index (κ2) is 5.64. The van der Waals surface area contributed by atoms with E-state index in [1.165, 1.54) is 0 Å². The van der Waals surface area contributed by atoms with Crippen LogP contribution in [0.15, 0.2) is 28.0 Å². The van der Waals surface area contributed by atoms with Crippen molar-refractivity contribution in [3.63, 3.8) is 0 Å². The van der Waals surface area contributed by atoms with Gasteiger partial charge in [0.05, 0.1) is 11.0 Å². The average Bonchev–Trinajstić information content (AvgIpc) is 2.37. The van der Waals surface area contributed by atoms with Gasteiger partial charge in [0, 0.05) is 19.3 Å². The fourth-order valence-electron chi connectivity index (χ4n) is 2.19. The Balaban J connectivity index is 2.49. The van der Waals surface area contributed by atoms with Crippen LogP contribution >= 0.6 is 0 Å². The van der Waals surface area contributed by atoms with Crippen LogP contribution in [0.25, 0.3) is 0 Å². The summed E-state index contributed by atoms with van der Waals surface area (Å²) in [5.41, 5.74) is 0. The van der Waals surface area contributed by atoms with Crippen molar-refractivity contribution in [3.8, 4) is 0 Å². The molecule has 0 saturated carbocycles. The zero-order chi connectivity index (χ0) is 15.8. The third-order valence-corrected chi connectivity index (χ3v) is 6.30. The molecule has 0 radical (unpaired) electrons. The third kappa shape index (κ3) is 3.42. The molecule has 1 aromatic rings. The quantitative estimate of drug-likeness (QED) is 0.805. The van der Waals surface area contributed by atoms with Gasteiger partial charge in [-0.2, -0.15) is 4.31 Å². The van der Waals surface area contributed by atoms with Crippen LogP contribution in [0.3, 0.4) is 0 Å². The Labute approximate surface area is 123 Å². The Morgan fingerprint density at radius 2 is 1.95 bits per heavy atom. The molecule has 1 aromatic carbocycles. The zero-order valence-electron chi connectivity index (χ0n) is 11.4. The van der Waals surface area contributed by atoms with E-state index in [0.717, 1.165) is 28.8 Å². The van der Waals surface area contributed by atoms with Crippen molar-refractivity contribution in [2.75, 3.05) is 19.3 Å². The predicted molar refractivity (Wildman–Crippen MR) is 73.5 cm³/mol. The van der Waals surface area contributed by atoms with E-state index < -0.39 is 36.7 Å². The molecule has 0 spiro atoms. The number of sulfonamides is 1. The number of β-amino-alcohol motifs (C(OH)–C–C–N with tert-alkyl or cyclic N) is 1. The lowest BCUT2D eigenvalue weighted by Crippen LogP contribution is -2.42. The summed E-state index contributed by atoms with van der Waals surface area (Å²) < 4.78 is 62.6. The minimum absolute atomic E-state index is 0.120. The Morgan fingerprint density at radius 1 is 1.29 bits per heavy atom. The largest absolute Gasteiger partial charge is 0.392 e. The number of aliphatic hydroxyl groups excluding tert-OH is 1. The first-order valence-corrected chi connectivity index (χ1v) is 9.63. The summed E-state index contributed by atoms with van der Waals surface area (Å²) in [4.78, 5) is -0.945. The molecular weight excluding hydrogens is 321 g/mol. The highest BCUT2D eigenvalue weighted by molar-refractivity contribution is 7.91. The van der Waals surface area contributed by atoms with Gasteiger partial charge in [0.2, 0.25) is 10.0 Å². The highest BCUT2D eigenvalue weighted by Gasteiger charge is 2.32. The van der Waals surface area contributed by atoms with Crippen molar-refractivity contribution in [3.05, 3.63) is 24.0 Å². The van der Waals surface area contributed by atoms with Gasteiger partial charge in [-0.15, -0.1) is 0 Å². The molecule has 0 amide bonds. The van der Waals surface area contributed by atoms with Crippen LogP contribution in [-0.4, -0.2) is 51.7 Å². The number of halogens is 1. The molecule has 1 heterocycles. The van der Waals surface area contributed by atoms with Crippen LogP contribution in [0.5, 0.6) is 0 Å². The fourth-order valence-corrected chi connectivity index (χ4v) is 4.52. The van der Waals surface area contributed by atoms with Crippen molar-refractivity contribution in [1.29, 1.82) is 0 Å². The van der Waals surface area contributed by atoms with Gasteiger partial charge in [-0.3, -0.25) is 0 Å². The molecule has 1 N–H and O–H groups in total. The molecule has 1 fully saturated rings. The van der Waals surface area contributed by atoms with Gasteiger partial charge in [-0.1, -0.05) is 0 Å². The molecule has 1 atom stereocenters. The molecule has 0 aliphatic carbocycles. The number of hydrogen-bond donors (Lipinski definition) is 1. The maximum Gasteiger partial charge on any atom is 0.246 e. The maximum atomic E-state index is 13.8. The molecule has 1 saturated heterocycles. The molecule has 2 rings (SSSR count). The van der Waals surface area contributed by atoms with Gasteiger partial charge in [0.25, 0.3) is 0 Å². The first-order valence-electron chi connectivity index (χ1n) is 6.30. The van der Waals surface area contributed by atoms with E-state index >= 15 is 0 Å². The Bertz CT molecular complexity index is 745. The van der Waals surface area contributed by atoms with E-state index in [9.17, 15) is 26.3 Å². The molecule has 0 bridgehead atoms. The molecule has 0 unspecified atom stereocenters. The van der Waals surface area contributed by atoms with E-state index in [0.29, 0.717) is 12.8 Å². The van der Waals surface area contributed by atoms with Crippen LogP contribution in [0, 0.1) is 5.82 Å². The summed E-state index contributed by atoms with van der Waals surface area (Å²) in [7, 11) is -7.82. The van der Waals surface area contributed by atoms with E-state index in [-0.39, 0.29) is 18.0 Å². The summed E-state index contributed by atoms with van der Waals surface area (Å²) in [6, 6.07) is 2.67. The molecule has 21 heavy (non-hydrogen) atoms. The van der Waals surface area contributed by atoms with Crippen molar-refractivity contribution < 1.29 is 26.3 Å². The number of piperidine rings is 1. The lowest BCUT2D eigenvalue weighted by Gasteiger charge is -2.29. The summed E-state index contributed by atoms with van der Waals surface area (Å²) in [5, 5.41) is 9.55. The minimum atomic E-state index is -4.17. The summed E-state index contributed by atoms with van der Waals surface area (Å²) in [6.45, 7) is 0.0484. The number of hydrogen-bond acceptors (Lipinski definition) is 5. The van der Waals surface area contributed by atoms with Gasteiger partial charge in [0.1, 0.15) is 10.7 Å². The van der Waals surface area contributed by atoms with Crippen molar-refractivity contribution in [1.82, 2.24) is 4.31 Å². The van der Waals surface area contributed by atoms with E-state index in [1.807, 2.05) is 0 Å². The summed E-state index contributed by atoms with van der Waals surface area (Å²) in [6.07, 6.45) is 1.07. The van der Waals surface area contributed by atoms with Crippen LogP contribution in [0.4, 0.5) is 4.39 Å². The summed E-state index contributed by atoms with van der Waals surface area (Å²) >= 11 is 0. The lowest BCUT2D eigenvalue weighted by atomic mass is 10.1. The Hall–Kier alpha value is -1.03. The van der Waals surface area contributed by atoms with Gasteiger partial charge < -0.3 is 5.11 Å². The Morgan fingerprint density at radius 3 is 2.52 bits per heavy atom. The van der Waals surface area contributed by atoms with Gasteiger partial charge >= 0.3 is 0 Å². The molecule has 1 aliphatic heterocycles. The monoisotopic (exact) mass is 337 g/mol. The Kier molecular flexibility index (Phi) is 4.39. The molecule has 118 valence electrons. The normalized spacial score (nSPS) is 21.4. The highest BCUT2D eigenvalue weighted by Crippen LogP contribution is 2.25. The van der Waals surface area contributed by atoms with Crippen LogP contribution in [-0.2, 0) is 19.9 Å². The molecular formula is C12H16FNO5S2. The molecule has 6 nitrogen and oxygen atoms in total.